The van der Waals surface area contributed by atoms with Crippen LogP contribution in [0.15, 0.2) is 72.8 Å². The molecule has 4 rings (SSSR count). The number of sulfonamides is 1. The summed E-state index contributed by atoms with van der Waals surface area (Å²) in [6, 6.07) is 20.6. The maximum absolute atomic E-state index is 12.9. The summed E-state index contributed by atoms with van der Waals surface area (Å²) in [5.41, 5.74) is 2.49. The molecule has 39 heavy (non-hydrogen) atoms. The Bertz CT molecular complexity index is 1350. The molecule has 0 bridgehead atoms. The van der Waals surface area contributed by atoms with Crippen LogP contribution in [0.2, 0.25) is 10.0 Å². The van der Waals surface area contributed by atoms with Gasteiger partial charge < -0.3 is 20.6 Å². The molecule has 0 spiro atoms. The van der Waals surface area contributed by atoms with Crippen LogP contribution in [0.5, 0.6) is 0 Å². The number of nitrogens with one attached hydrogen (secondary N) is 1. The molecule has 12 heteroatoms. The average Bonchev–Trinajstić information content (AvgIpc) is 2.86. The third-order valence-electron chi connectivity index (χ3n) is 6.49. The van der Waals surface area contributed by atoms with Gasteiger partial charge in [0.2, 0.25) is 10.0 Å². The molecule has 1 fully saturated rings. The van der Waals surface area contributed by atoms with Crippen LogP contribution in [-0.2, 0) is 10.0 Å². The number of aliphatic hydroxyl groups is 3. The van der Waals surface area contributed by atoms with Gasteiger partial charge in [0.05, 0.1) is 24.0 Å². The summed E-state index contributed by atoms with van der Waals surface area (Å²) in [6.07, 6.45) is -2.43. The second-order valence-electron chi connectivity index (χ2n) is 9.41. The van der Waals surface area contributed by atoms with E-state index in [1.54, 1.807) is 12.1 Å². The van der Waals surface area contributed by atoms with Crippen LogP contribution in [0.4, 0.5) is 5.69 Å². The minimum Gasteiger partial charge on any atom is -0.386 e. The Kier molecular flexibility index (Phi) is 9.18. The highest BCUT2D eigenvalue weighted by Gasteiger charge is 2.40. The zero-order valence-electron chi connectivity index (χ0n) is 21.0. The number of rotatable bonds is 10. The summed E-state index contributed by atoms with van der Waals surface area (Å²) in [5, 5.41) is 31.2. The molecule has 0 saturated carbocycles. The van der Waals surface area contributed by atoms with E-state index in [0.29, 0.717) is 28.8 Å². The Hall–Kier alpha value is -2.70. The Balaban J connectivity index is 1.56. The summed E-state index contributed by atoms with van der Waals surface area (Å²) >= 11 is 12.2. The Morgan fingerprint density at radius 1 is 0.974 bits per heavy atom. The molecule has 1 aliphatic rings. The largest absolute Gasteiger partial charge is 0.386 e. The molecule has 9 nitrogen and oxygen atoms in total. The lowest BCUT2D eigenvalue weighted by Crippen LogP contribution is -2.61. The van der Waals surface area contributed by atoms with Crippen LogP contribution < -0.4 is 9.62 Å². The fourth-order valence-corrected chi connectivity index (χ4v) is 6.04. The monoisotopic (exact) mass is 593 g/mol. The van der Waals surface area contributed by atoms with E-state index in [4.69, 9.17) is 33.4 Å². The number of likely N-dealkylation sites (tertiary alicyclic amines) is 1. The van der Waals surface area contributed by atoms with E-state index >= 15 is 0 Å². The van der Waals surface area contributed by atoms with Gasteiger partial charge in [-0.05, 0) is 53.6 Å². The minimum atomic E-state index is -3.71. The highest BCUT2D eigenvalue weighted by molar-refractivity contribution is 7.92. The van der Waals surface area contributed by atoms with Crippen LogP contribution in [-0.4, -0.2) is 78.9 Å². The molecule has 1 aliphatic heterocycles. The van der Waals surface area contributed by atoms with Crippen molar-refractivity contribution in [3.8, 4) is 0 Å². The second kappa shape index (κ2) is 12.2. The van der Waals surface area contributed by atoms with E-state index in [-0.39, 0.29) is 24.2 Å². The topological polar surface area (TPSA) is 130 Å². The number of anilines is 1. The van der Waals surface area contributed by atoms with E-state index < -0.39 is 28.3 Å². The van der Waals surface area contributed by atoms with Crippen molar-refractivity contribution in [2.45, 2.75) is 24.5 Å². The second-order valence-corrected chi connectivity index (χ2v) is 12.1. The summed E-state index contributed by atoms with van der Waals surface area (Å²) < 4.78 is 27.1. The number of aliphatic hydroxyl groups excluding tert-OH is 2. The minimum absolute atomic E-state index is 0.150. The first kappa shape index (κ1) is 29.3. The number of hydrogen-bond acceptors (Lipinski definition) is 7. The fraction of sp³-hybridized carbons (Fsp3) is 0.296. The molecular formula is C27H29Cl2N3O6S. The predicted octanol–water partition coefficient (Wildman–Crippen LogP) is 2.63. The molecule has 1 unspecified atom stereocenters. The van der Waals surface area contributed by atoms with Crippen molar-refractivity contribution >= 4 is 44.8 Å². The number of carbonyl (C=O) groups excluding carboxylic acids is 1. The average molecular weight is 595 g/mol. The summed E-state index contributed by atoms with van der Waals surface area (Å²) in [6.45, 7) is 0.477. The lowest BCUT2D eigenvalue weighted by Gasteiger charge is -2.48. The Morgan fingerprint density at radius 2 is 1.51 bits per heavy atom. The highest BCUT2D eigenvalue weighted by Crippen LogP contribution is 2.36. The molecule has 0 aliphatic carbocycles. The van der Waals surface area contributed by atoms with E-state index in [2.05, 4.69) is 10.2 Å². The van der Waals surface area contributed by atoms with Crippen molar-refractivity contribution in [3.05, 3.63) is 99.5 Å². The molecule has 0 radical (unpaired) electrons. The summed E-state index contributed by atoms with van der Waals surface area (Å²) in [4.78, 5) is 14.7. The zero-order chi connectivity index (χ0) is 28.3. The number of benzene rings is 3. The van der Waals surface area contributed by atoms with Crippen molar-refractivity contribution in [2.75, 3.05) is 30.2 Å². The van der Waals surface area contributed by atoms with Crippen LogP contribution in [0, 0.1) is 0 Å². The van der Waals surface area contributed by atoms with Crippen LogP contribution in [0.3, 0.4) is 0 Å². The lowest BCUT2D eigenvalue weighted by atomic mass is 9.93. The number of amides is 1. The van der Waals surface area contributed by atoms with Gasteiger partial charge in [0, 0.05) is 35.2 Å². The van der Waals surface area contributed by atoms with Crippen LogP contribution in [0.1, 0.15) is 27.5 Å². The fourth-order valence-electron chi connectivity index (χ4n) is 4.61. The lowest BCUT2D eigenvalue weighted by molar-refractivity contribution is -0.119. The van der Waals surface area contributed by atoms with Crippen LogP contribution >= 0.6 is 23.2 Å². The Labute approximate surface area is 237 Å². The maximum atomic E-state index is 12.9. The SMILES string of the molecule is CS(=O)(=O)N(c1cccc(C(=O)NCC(O)C(O)O)c1)C1CN(C(c2ccc(Cl)cc2)c2ccc(Cl)cc2)C1. The van der Waals surface area contributed by atoms with E-state index in [0.717, 1.165) is 17.4 Å². The smallest absolute Gasteiger partial charge is 0.251 e. The quantitative estimate of drug-likeness (QED) is 0.266. The van der Waals surface area contributed by atoms with E-state index in [1.165, 1.54) is 16.4 Å². The first-order chi connectivity index (χ1) is 18.4. The van der Waals surface area contributed by atoms with Gasteiger partial charge in [0.15, 0.2) is 6.29 Å². The molecule has 1 saturated heterocycles. The van der Waals surface area contributed by atoms with E-state index in [9.17, 15) is 18.3 Å². The van der Waals surface area contributed by atoms with Gasteiger partial charge in [-0.3, -0.25) is 14.0 Å². The van der Waals surface area contributed by atoms with Crippen molar-refractivity contribution < 1.29 is 28.5 Å². The number of hydrogen-bond donors (Lipinski definition) is 4. The zero-order valence-corrected chi connectivity index (χ0v) is 23.3. The first-order valence-electron chi connectivity index (χ1n) is 12.1. The molecule has 0 aromatic heterocycles. The molecule has 3 aromatic rings. The molecule has 1 amide bonds. The van der Waals surface area contributed by atoms with Crippen LogP contribution in [0.25, 0.3) is 0 Å². The standard InChI is InChI=1S/C27H29Cl2N3O6S/c1-39(37,38)32(22-4-2-3-19(13-22)26(34)30-14-24(33)27(35)36)23-15-31(16-23)25(17-5-9-20(28)10-6-17)18-7-11-21(29)12-8-18/h2-13,23-25,27,33,35-36H,14-16H2,1H3,(H,30,34). The molecule has 3 aromatic carbocycles. The van der Waals surface area contributed by atoms with Gasteiger partial charge >= 0.3 is 0 Å². The van der Waals surface area contributed by atoms with Gasteiger partial charge in [0.1, 0.15) is 6.10 Å². The number of carbonyl (C=O) groups is 1. The maximum Gasteiger partial charge on any atom is 0.251 e. The Morgan fingerprint density at radius 3 is 2.00 bits per heavy atom. The number of nitrogens with zero attached hydrogens (tertiary/aromatic N) is 2. The van der Waals surface area contributed by atoms with Gasteiger partial charge in [-0.15, -0.1) is 0 Å². The molecule has 208 valence electrons. The summed E-state index contributed by atoms with van der Waals surface area (Å²) in [5.74, 6) is -0.592. The van der Waals surface area contributed by atoms with Gasteiger partial charge in [0.25, 0.3) is 5.91 Å². The molecule has 4 N–H and O–H groups in total. The molecule has 1 atom stereocenters. The third-order valence-corrected chi connectivity index (χ3v) is 8.22. The third kappa shape index (κ3) is 7.09. The highest BCUT2D eigenvalue weighted by atomic mass is 35.5. The van der Waals surface area contributed by atoms with Gasteiger partial charge in [-0.1, -0.05) is 53.5 Å². The number of halogens is 2. The van der Waals surface area contributed by atoms with Crippen molar-refractivity contribution in [1.29, 1.82) is 0 Å². The van der Waals surface area contributed by atoms with Crippen molar-refractivity contribution in [2.24, 2.45) is 0 Å². The molecular weight excluding hydrogens is 565 g/mol. The van der Waals surface area contributed by atoms with Gasteiger partial charge in [-0.25, -0.2) is 8.42 Å². The van der Waals surface area contributed by atoms with Gasteiger partial charge in [-0.2, -0.15) is 0 Å². The predicted molar refractivity (Wildman–Crippen MR) is 150 cm³/mol. The summed E-state index contributed by atoms with van der Waals surface area (Å²) in [7, 11) is -3.71. The van der Waals surface area contributed by atoms with E-state index in [1.807, 2.05) is 48.5 Å². The first-order valence-corrected chi connectivity index (χ1v) is 14.7. The molecule has 1 heterocycles. The normalized spacial score (nSPS) is 15.3. The van der Waals surface area contributed by atoms with Crippen molar-refractivity contribution in [1.82, 2.24) is 10.2 Å². The van der Waals surface area contributed by atoms with Crippen molar-refractivity contribution in [3.63, 3.8) is 0 Å².